The number of halogens is 1. The molecule has 3 aromatic carbocycles. The number of nitrogens with one attached hydrogen (secondary N) is 1. The summed E-state index contributed by atoms with van der Waals surface area (Å²) in [6.45, 7) is 5.99. The van der Waals surface area contributed by atoms with Crippen LogP contribution in [0.4, 0.5) is 10.5 Å². The van der Waals surface area contributed by atoms with E-state index in [1.165, 1.54) is 19.5 Å². The molecule has 0 aliphatic carbocycles. The van der Waals surface area contributed by atoms with Crippen LogP contribution in [0.5, 0.6) is 11.5 Å². The molecule has 0 saturated carbocycles. The molecular formula is C36H40ClN5O4S2. The van der Waals surface area contributed by atoms with E-state index in [1.54, 1.807) is 4.90 Å². The maximum absolute atomic E-state index is 14.2. The number of aromatic nitrogens is 1. The van der Waals surface area contributed by atoms with Crippen LogP contribution in [0.2, 0.25) is 0 Å². The first kappa shape index (κ1) is 32.1. The number of alkyl halides is 1. The molecule has 9 nitrogen and oxygen atoms in total. The van der Waals surface area contributed by atoms with E-state index >= 15 is 0 Å². The molecule has 4 aliphatic heterocycles. The number of ether oxygens (including phenoxy) is 2. The predicted octanol–water partition coefficient (Wildman–Crippen LogP) is 6.66. The Labute approximate surface area is 293 Å². The molecule has 3 fully saturated rings. The monoisotopic (exact) mass is 705 g/mol. The molecule has 1 aromatic heterocycles. The second kappa shape index (κ2) is 13.7. The Morgan fingerprint density at radius 2 is 1.79 bits per heavy atom. The van der Waals surface area contributed by atoms with Gasteiger partial charge < -0.3 is 29.2 Å². The van der Waals surface area contributed by atoms with Crippen molar-refractivity contribution >= 4 is 72.6 Å². The van der Waals surface area contributed by atoms with Gasteiger partial charge in [-0.25, -0.2) is 4.79 Å². The van der Waals surface area contributed by atoms with Crippen molar-refractivity contribution in [3.05, 3.63) is 65.9 Å². The number of hydrogen-bond acceptors (Lipinski definition) is 8. The fourth-order valence-electron chi connectivity index (χ4n) is 7.51. The van der Waals surface area contributed by atoms with Gasteiger partial charge in [-0.1, -0.05) is 45.9 Å². The number of likely N-dealkylation sites (tertiary alicyclic amines) is 1. The van der Waals surface area contributed by atoms with Crippen LogP contribution in [-0.2, 0) is 0 Å². The highest BCUT2D eigenvalue weighted by Crippen LogP contribution is 2.46. The van der Waals surface area contributed by atoms with E-state index in [9.17, 15) is 9.59 Å². The largest absolute Gasteiger partial charge is 0.494 e. The minimum atomic E-state index is -0.338. The third-order valence-corrected chi connectivity index (χ3v) is 13.1. The molecule has 48 heavy (non-hydrogen) atoms. The lowest BCUT2D eigenvalue weighted by Gasteiger charge is -2.47. The van der Waals surface area contributed by atoms with Crippen molar-refractivity contribution in [1.82, 2.24) is 19.7 Å². The number of rotatable bonds is 8. The number of amides is 2. The highest BCUT2D eigenvalue weighted by molar-refractivity contribution is 8.76. The van der Waals surface area contributed by atoms with Crippen LogP contribution >= 0.6 is 33.2 Å². The van der Waals surface area contributed by atoms with Crippen molar-refractivity contribution in [2.24, 2.45) is 0 Å². The van der Waals surface area contributed by atoms with Gasteiger partial charge in [0.15, 0.2) is 0 Å². The lowest BCUT2D eigenvalue weighted by Crippen LogP contribution is -2.63. The molecule has 0 spiro atoms. The molecule has 3 atom stereocenters. The normalized spacial score (nSPS) is 22.8. The smallest absolute Gasteiger partial charge is 0.415 e. The van der Waals surface area contributed by atoms with Gasteiger partial charge in [-0.3, -0.25) is 9.69 Å². The molecular weight excluding hydrogens is 666 g/mol. The fourth-order valence-corrected chi connectivity index (χ4v) is 10.5. The quantitative estimate of drug-likeness (QED) is 0.124. The number of likely N-dealkylation sites (N-methyl/N-ethyl adjacent to an activating group) is 1. The number of carbonyl (C=O) groups is 2. The Kier molecular flexibility index (Phi) is 9.15. The van der Waals surface area contributed by atoms with E-state index in [0.29, 0.717) is 43.1 Å². The Morgan fingerprint density at radius 1 is 0.979 bits per heavy atom. The molecule has 0 radical (unpaired) electrons. The summed E-state index contributed by atoms with van der Waals surface area (Å²) in [4.78, 5) is 39.9. The molecule has 0 bridgehead atoms. The van der Waals surface area contributed by atoms with Crippen LogP contribution in [-0.4, -0.2) is 114 Å². The molecule has 8 rings (SSSR count). The summed E-state index contributed by atoms with van der Waals surface area (Å²) in [5.74, 6) is 3.27. The summed E-state index contributed by atoms with van der Waals surface area (Å²) in [6, 6.07) is 18.0. The molecule has 3 saturated heterocycles. The number of benzene rings is 3. The molecule has 0 unspecified atom stereocenters. The van der Waals surface area contributed by atoms with E-state index in [-0.39, 0.29) is 24.0 Å². The predicted molar refractivity (Wildman–Crippen MR) is 196 cm³/mol. The van der Waals surface area contributed by atoms with Gasteiger partial charge in [0, 0.05) is 77.9 Å². The summed E-state index contributed by atoms with van der Waals surface area (Å²) >= 11 is 6.55. The van der Waals surface area contributed by atoms with Crippen molar-refractivity contribution < 1.29 is 19.1 Å². The lowest BCUT2D eigenvalue weighted by atomic mass is 9.95. The van der Waals surface area contributed by atoms with Gasteiger partial charge in [0.25, 0.3) is 5.91 Å². The summed E-state index contributed by atoms with van der Waals surface area (Å²) < 4.78 is 12.3. The molecule has 252 valence electrons. The molecule has 1 N–H and O–H groups in total. The van der Waals surface area contributed by atoms with Crippen LogP contribution in [0.3, 0.4) is 0 Å². The van der Waals surface area contributed by atoms with Crippen LogP contribution in [0, 0.1) is 0 Å². The Balaban J connectivity index is 1.06. The minimum Gasteiger partial charge on any atom is -0.494 e. The maximum Gasteiger partial charge on any atom is 0.415 e. The number of anilines is 1. The van der Waals surface area contributed by atoms with Crippen LogP contribution in [0.1, 0.15) is 34.8 Å². The molecule has 4 aliphatic rings. The second-order valence-electron chi connectivity index (χ2n) is 13.2. The topological polar surface area (TPSA) is 81.3 Å². The standard InChI is InChI=1S/C36H40ClN5O4S2/c1-39-13-14-41(32-22-48-47-21-31(32)39)36(44)46-33-18-30-34(27-7-3-2-6-26(27)33)24(19-37)20-42(30)35(43)29-17-23-16-25(8-9-28(23)38-29)45-15-5-12-40-10-4-11-40/h2-3,6-9,16-18,24,31-32,38H,4-5,10-15,19-22H2,1H3/t24-,31-,32-/m1/s1. The van der Waals surface area contributed by atoms with Crippen molar-refractivity contribution in [3.8, 4) is 11.5 Å². The summed E-state index contributed by atoms with van der Waals surface area (Å²) in [6.07, 6.45) is 1.95. The highest BCUT2D eigenvalue weighted by Gasteiger charge is 2.41. The number of carbonyl (C=O) groups excluding carboxylic acids is 2. The van der Waals surface area contributed by atoms with Gasteiger partial charge in [-0.2, -0.15) is 0 Å². The number of aromatic amines is 1. The van der Waals surface area contributed by atoms with Gasteiger partial charge in [-0.15, -0.1) is 11.6 Å². The highest BCUT2D eigenvalue weighted by atomic mass is 35.5. The Hall–Kier alpha value is -3.09. The zero-order valence-corrected chi connectivity index (χ0v) is 29.4. The van der Waals surface area contributed by atoms with Gasteiger partial charge in [0.05, 0.1) is 18.3 Å². The Morgan fingerprint density at radius 3 is 2.58 bits per heavy atom. The molecule has 5 heterocycles. The number of nitrogens with zero attached hydrogens (tertiary/aromatic N) is 4. The summed E-state index contributed by atoms with van der Waals surface area (Å²) in [7, 11) is 5.82. The maximum atomic E-state index is 14.2. The Bertz CT molecular complexity index is 1850. The van der Waals surface area contributed by atoms with Gasteiger partial charge in [0.1, 0.15) is 17.2 Å². The van der Waals surface area contributed by atoms with Crippen LogP contribution in [0.15, 0.2) is 54.6 Å². The SMILES string of the molecule is CN1CCN(C(=O)Oc2cc3c(c4ccccc24)[C@H](CCl)CN3C(=O)c2cc3cc(OCCCN4CCC4)ccc3[nH]2)[C@@H]2CSSC[C@H]21. The van der Waals surface area contributed by atoms with Crippen LogP contribution < -0.4 is 14.4 Å². The third-order valence-electron chi connectivity index (χ3n) is 10.3. The number of hydrogen-bond donors (Lipinski definition) is 1. The first-order valence-electron chi connectivity index (χ1n) is 16.8. The lowest BCUT2D eigenvalue weighted by molar-refractivity contribution is 0.0588. The van der Waals surface area contributed by atoms with Crippen molar-refractivity contribution in [2.75, 3.05) is 75.2 Å². The average Bonchev–Trinajstić information content (AvgIpc) is 3.69. The van der Waals surface area contributed by atoms with Gasteiger partial charge in [0.2, 0.25) is 0 Å². The van der Waals surface area contributed by atoms with E-state index in [0.717, 1.165) is 69.7 Å². The van der Waals surface area contributed by atoms with Crippen molar-refractivity contribution in [3.63, 3.8) is 0 Å². The first-order valence-corrected chi connectivity index (χ1v) is 19.9. The summed E-state index contributed by atoms with van der Waals surface area (Å²) in [5.41, 5.74) is 3.11. The zero-order chi connectivity index (χ0) is 32.8. The van der Waals surface area contributed by atoms with Crippen molar-refractivity contribution in [2.45, 2.75) is 30.8 Å². The fraction of sp³-hybridized carbons (Fsp3) is 0.444. The van der Waals surface area contributed by atoms with Gasteiger partial charge >= 0.3 is 6.09 Å². The third kappa shape index (κ3) is 6.02. The van der Waals surface area contributed by atoms with Crippen LogP contribution in [0.25, 0.3) is 21.7 Å². The second-order valence-corrected chi connectivity index (χ2v) is 16.1. The average molecular weight is 706 g/mol. The van der Waals surface area contributed by atoms with E-state index in [1.807, 2.05) is 81.1 Å². The molecule has 2 amide bonds. The number of piperazine rings is 1. The first-order chi connectivity index (χ1) is 23.5. The number of fused-ring (bicyclic) bond motifs is 5. The summed E-state index contributed by atoms with van der Waals surface area (Å²) in [5, 5.41) is 2.72. The zero-order valence-electron chi connectivity index (χ0n) is 27.0. The van der Waals surface area contributed by atoms with Crippen molar-refractivity contribution in [1.29, 1.82) is 0 Å². The van der Waals surface area contributed by atoms with E-state index in [4.69, 9.17) is 21.1 Å². The van der Waals surface area contributed by atoms with Gasteiger partial charge in [-0.05, 0) is 68.2 Å². The molecule has 4 aromatic rings. The minimum absolute atomic E-state index is 0.0592. The van der Waals surface area contributed by atoms with E-state index in [2.05, 4.69) is 21.8 Å². The van der Waals surface area contributed by atoms with E-state index < -0.39 is 0 Å². The molecule has 12 heteroatoms. The number of H-pyrrole nitrogens is 1.